The molecule has 0 spiro atoms. The second kappa shape index (κ2) is 7.94. The zero-order valence-corrected chi connectivity index (χ0v) is 16.2. The van der Waals surface area contributed by atoms with E-state index in [0.717, 1.165) is 32.0 Å². The Morgan fingerprint density at radius 3 is 2.96 bits per heavy atom. The Bertz CT molecular complexity index is 779. The van der Waals surface area contributed by atoms with Crippen LogP contribution in [0.25, 0.3) is 0 Å². The normalized spacial score (nSPS) is 21.0. The number of fused-ring (bicyclic) bond motifs is 1. The van der Waals surface area contributed by atoms with Gasteiger partial charge in [0.2, 0.25) is 10.0 Å². The summed E-state index contributed by atoms with van der Waals surface area (Å²) in [4.78, 5) is 14.0. The Hall–Kier alpha value is -1.64. The third-order valence-electron chi connectivity index (χ3n) is 4.88. The lowest BCUT2D eigenvalue weighted by Crippen LogP contribution is -2.36. The van der Waals surface area contributed by atoms with Gasteiger partial charge in [-0.2, -0.15) is 0 Å². The summed E-state index contributed by atoms with van der Waals surface area (Å²) in [7, 11) is -3.61. The summed E-state index contributed by atoms with van der Waals surface area (Å²) >= 11 is 0. The Balaban J connectivity index is 1.59. The molecular weight excluding hydrogens is 354 g/mol. The first-order chi connectivity index (χ1) is 12.3. The van der Waals surface area contributed by atoms with Crippen molar-refractivity contribution < 1.29 is 17.9 Å². The van der Waals surface area contributed by atoms with E-state index < -0.39 is 10.0 Å². The minimum Gasteiger partial charge on any atom is -0.482 e. The molecule has 1 saturated heterocycles. The molecule has 0 bridgehead atoms. The zero-order valence-electron chi connectivity index (χ0n) is 15.4. The number of hydrogen-bond donors (Lipinski definition) is 2. The lowest BCUT2D eigenvalue weighted by Gasteiger charge is -2.30. The predicted molar refractivity (Wildman–Crippen MR) is 99.9 cm³/mol. The quantitative estimate of drug-likeness (QED) is 0.733. The number of hydrogen-bond acceptors (Lipinski definition) is 5. The number of benzene rings is 1. The molecule has 2 N–H and O–H groups in total. The van der Waals surface area contributed by atoms with Gasteiger partial charge in [-0.25, -0.2) is 13.1 Å². The van der Waals surface area contributed by atoms with E-state index in [1.165, 1.54) is 18.9 Å². The summed E-state index contributed by atoms with van der Waals surface area (Å²) in [5.74, 6) is 0.870. The molecule has 26 heavy (non-hydrogen) atoms. The molecule has 2 heterocycles. The molecule has 0 radical (unpaired) electrons. The Kier molecular flexibility index (Phi) is 5.84. The van der Waals surface area contributed by atoms with Crippen LogP contribution in [0.5, 0.6) is 5.75 Å². The summed E-state index contributed by atoms with van der Waals surface area (Å²) in [6.45, 7) is 7.39. The first-order valence-corrected chi connectivity index (χ1v) is 10.6. The van der Waals surface area contributed by atoms with Crippen molar-refractivity contribution in [3.8, 4) is 5.75 Å². The molecule has 1 amide bonds. The third-order valence-corrected chi connectivity index (χ3v) is 6.49. The molecule has 2 aliphatic heterocycles. The molecule has 2 aliphatic rings. The van der Waals surface area contributed by atoms with Crippen LogP contribution in [-0.4, -0.2) is 52.0 Å². The number of ether oxygens (including phenoxy) is 1. The molecule has 7 nitrogen and oxygen atoms in total. The van der Waals surface area contributed by atoms with Crippen molar-refractivity contribution in [3.63, 3.8) is 0 Å². The fourth-order valence-corrected chi connectivity index (χ4v) is 4.90. The van der Waals surface area contributed by atoms with Gasteiger partial charge in [0.25, 0.3) is 5.91 Å². The number of anilines is 1. The van der Waals surface area contributed by atoms with Gasteiger partial charge >= 0.3 is 0 Å². The molecule has 144 valence electrons. The minimum atomic E-state index is -3.61. The second-order valence-corrected chi connectivity index (χ2v) is 8.99. The lowest BCUT2D eigenvalue weighted by molar-refractivity contribution is -0.118. The summed E-state index contributed by atoms with van der Waals surface area (Å²) in [5.41, 5.74) is 1.09. The SMILES string of the molecule is Cc1cc2c(cc1S(=O)(=O)NCCCN1CCCC(C)C1)OCC(=O)N2. The number of rotatable bonds is 6. The van der Waals surface area contributed by atoms with Gasteiger partial charge in [0.1, 0.15) is 5.75 Å². The van der Waals surface area contributed by atoms with Crippen LogP contribution in [0.4, 0.5) is 5.69 Å². The highest BCUT2D eigenvalue weighted by Gasteiger charge is 2.23. The van der Waals surface area contributed by atoms with E-state index in [0.29, 0.717) is 23.5 Å². The molecule has 1 aromatic rings. The molecule has 0 saturated carbocycles. The van der Waals surface area contributed by atoms with Crippen molar-refractivity contribution in [2.24, 2.45) is 5.92 Å². The Morgan fingerprint density at radius 2 is 2.19 bits per heavy atom. The van der Waals surface area contributed by atoms with E-state index in [-0.39, 0.29) is 17.4 Å². The molecule has 1 unspecified atom stereocenters. The van der Waals surface area contributed by atoms with Gasteiger partial charge < -0.3 is 15.0 Å². The van der Waals surface area contributed by atoms with Gasteiger partial charge in [-0.1, -0.05) is 6.92 Å². The first-order valence-electron chi connectivity index (χ1n) is 9.14. The molecule has 0 aliphatic carbocycles. The van der Waals surface area contributed by atoms with Crippen LogP contribution in [0.15, 0.2) is 17.0 Å². The van der Waals surface area contributed by atoms with Crippen molar-refractivity contribution in [2.75, 3.05) is 38.1 Å². The van der Waals surface area contributed by atoms with Crippen LogP contribution in [0.3, 0.4) is 0 Å². The van der Waals surface area contributed by atoms with Crippen LogP contribution < -0.4 is 14.8 Å². The van der Waals surface area contributed by atoms with Crippen molar-refractivity contribution >= 4 is 21.6 Å². The monoisotopic (exact) mass is 381 g/mol. The number of sulfonamides is 1. The maximum Gasteiger partial charge on any atom is 0.262 e. The van der Waals surface area contributed by atoms with Gasteiger partial charge in [-0.05, 0) is 56.8 Å². The van der Waals surface area contributed by atoms with Gasteiger partial charge in [0.05, 0.1) is 10.6 Å². The minimum absolute atomic E-state index is 0.1000. The Labute approximate surface area is 155 Å². The van der Waals surface area contributed by atoms with Crippen molar-refractivity contribution in [3.05, 3.63) is 17.7 Å². The van der Waals surface area contributed by atoms with Crippen LogP contribution in [0.2, 0.25) is 0 Å². The van der Waals surface area contributed by atoms with Crippen molar-refractivity contribution in [1.29, 1.82) is 0 Å². The van der Waals surface area contributed by atoms with E-state index >= 15 is 0 Å². The van der Waals surface area contributed by atoms with E-state index in [2.05, 4.69) is 21.9 Å². The molecule has 1 atom stereocenters. The number of amides is 1. The Morgan fingerprint density at radius 1 is 1.38 bits per heavy atom. The second-order valence-electron chi connectivity index (χ2n) is 7.25. The fourth-order valence-electron chi connectivity index (χ4n) is 3.58. The summed E-state index contributed by atoms with van der Waals surface area (Å²) in [6, 6.07) is 3.12. The van der Waals surface area contributed by atoms with E-state index in [1.807, 2.05) is 0 Å². The number of carbonyl (C=O) groups is 1. The maximum atomic E-state index is 12.6. The molecule has 1 fully saturated rings. The predicted octanol–water partition coefficient (Wildman–Crippen LogP) is 1.73. The number of carbonyl (C=O) groups excluding carboxylic acids is 1. The topological polar surface area (TPSA) is 87.7 Å². The van der Waals surface area contributed by atoms with Crippen LogP contribution in [0.1, 0.15) is 31.7 Å². The number of piperidine rings is 1. The third kappa shape index (κ3) is 4.55. The summed E-state index contributed by atoms with van der Waals surface area (Å²) in [5, 5.41) is 2.69. The molecule has 1 aromatic carbocycles. The molecular formula is C18H27N3O4S. The number of likely N-dealkylation sites (tertiary alicyclic amines) is 1. The maximum absolute atomic E-state index is 12.6. The number of aryl methyl sites for hydroxylation is 1. The van der Waals surface area contributed by atoms with Crippen LogP contribution >= 0.6 is 0 Å². The average Bonchev–Trinajstić information content (AvgIpc) is 2.58. The van der Waals surface area contributed by atoms with Crippen LogP contribution in [0, 0.1) is 12.8 Å². The number of nitrogens with one attached hydrogen (secondary N) is 2. The summed E-state index contributed by atoms with van der Waals surface area (Å²) in [6.07, 6.45) is 3.28. The van der Waals surface area contributed by atoms with Gasteiger partial charge in [0, 0.05) is 19.2 Å². The summed E-state index contributed by atoms with van der Waals surface area (Å²) < 4.78 is 33.3. The van der Waals surface area contributed by atoms with Crippen LogP contribution in [-0.2, 0) is 14.8 Å². The molecule has 0 aromatic heterocycles. The smallest absolute Gasteiger partial charge is 0.262 e. The van der Waals surface area contributed by atoms with Crippen molar-refractivity contribution in [1.82, 2.24) is 9.62 Å². The highest BCUT2D eigenvalue weighted by Crippen LogP contribution is 2.32. The lowest BCUT2D eigenvalue weighted by atomic mass is 10.0. The molecule has 3 rings (SSSR count). The average molecular weight is 381 g/mol. The van der Waals surface area contributed by atoms with E-state index in [1.54, 1.807) is 13.0 Å². The van der Waals surface area contributed by atoms with Gasteiger partial charge in [-0.3, -0.25) is 4.79 Å². The largest absolute Gasteiger partial charge is 0.482 e. The van der Waals surface area contributed by atoms with Crippen molar-refractivity contribution in [2.45, 2.75) is 38.0 Å². The first kappa shape index (κ1) is 19.1. The highest BCUT2D eigenvalue weighted by atomic mass is 32.2. The van der Waals surface area contributed by atoms with Gasteiger partial charge in [-0.15, -0.1) is 0 Å². The van der Waals surface area contributed by atoms with E-state index in [9.17, 15) is 13.2 Å². The standard InChI is InChI=1S/C18H27N3O4S/c1-13-5-3-7-21(11-13)8-4-6-19-26(23,24)17-10-16-15(9-14(17)2)20-18(22)12-25-16/h9-10,13,19H,3-8,11-12H2,1-2H3,(H,20,22). The van der Waals surface area contributed by atoms with E-state index in [4.69, 9.17) is 4.74 Å². The highest BCUT2D eigenvalue weighted by molar-refractivity contribution is 7.89. The van der Waals surface area contributed by atoms with Gasteiger partial charge in [0.15, 0.2) is 6.61 Å². The zero-order chi connectivity index (χ0) is 18.7. The molecule has 8 heteroatoms. The fraction of sp³-hybridized carbons (Fsp3) is 0.611. The number of nitrogens with zero attached hydrogens (tertiary/aromatic N) is 1.